The summed E-state index contributed by atoms with van der Waals surface area (Å²) in [4.78, 5) is 13.9. The van der Waals surface area contributed by atoms with Crippen molar-refractivity contribution in [1.29, 1.82) is 0 Å². The van der Waals surface area contributed by atoms with Crippen LogP contribution in [-0.4, -0.2) is 48.3 Å². The fourth-order valence-electron chi connectivity index (χ4n) is 3.34. The van der Waals surface area contributed by atoms with Crippen LogP contribution in [0.25, 0.3) is 0 Å². The SMILES string of the molecule is COC(=O)[C@H]1[C@H]2[C@H](C)C[C@@H](C[C@H]1O)N2C. The Morgan fingerprint density at radius 1 is 1.47 bits per heavy atom. The molecule has 2 heterocycles. The highest BCUT2D eigenvalue weighted by atomic mass is 16.5. The number of nitrogens with zero attached hydrogens (tertiary/aromatic N) is 1. The first-order valence-electron chi connectivity index (χ1n) is 5.54. The van der Waals surface area contributed by atoms with Gasteiger partial charge in [0.2, 0.25) is 0 Å². The molecule has 2 fully saturated rings. The molecule has 2 saturated heterocycles. The first kappa shape index (κ1) is 10.9. The van der Waals surface area contributed by atoms with Gasteiger partial charge in [0.1, 0.15) is 0 Å². The average molecular weight is 213 g/mol. The number of hydrogen-bond acceptors (Lipinski definition) is 4. The van der Waals surface area contributed by atoms with Crippen molar-refractivity contribution in [2.75, 3.05) is 14.2 Å². The van der Waals surface area contributed by atoms with Gasteiger partial charge >= 0.3 is 5.97 Å². The number of aliphatic hydroxyl groups excluding tert-OH is 1. The fraction of sp³-hybridized carbons (Fsp3) is 0.909. The number of carbonyl (C=O) groups is 1. The Balaban J connectivity index is 2.25. The minimum absolute atomic E-state index is 0.145. The van der Waals surface area contributed by atoms with Gasteiger partial charge < -0.3 is 9.84 Å². The van der Waals surface area contributed by atoms with Gasteiger partial charge in [-0.3, -0.25) is 9.69 Å². The van der Waals surface area contributed by atoms with Gasteiger partial charge in [-0.25, -0.2) is 0 Å². The first-order chi connectivity index (χ1) is 7.06. The third-order valence-corrected chi connectivity index (χ3v) is 4.04. The van der Waals surface area contributed by atoms with Crippen LogP contribution < -0.4 is 0 Å². The zero-order valence-corrected chi connectivity index (χ0v) is 9.51. The number of fused-ring (bicyclic) bond motifs is 2. The molecule has 0 saturated carbocycles. The average Bonchev–Trinajstić information content (AvgIpc) is 2.38. The van der Waals surface area contributed by atoms with Gasteiger partial charge in [0.25, 0.3) is 0 Å². The molecule has 0 spiro atoms. The Morgan fingerprint density at radius 2 is 2.13 bits per heavy atom. The van der Waals surface area contributed by atoms with E-state index in [0.717, 1.165) is 6.42 Å². The van der Waals surface area contributed by atoms with Crippen LogP contribution in [0.5, 0.6) is 0 Å². The number of aliphatic hydroxyl groups is 1. The minimum Gasteiger partial charge on any atom is -0.469 e. The van der Waals surface area contributed by atoms with Crippen LogP contribution in [-0.2, 0) is 9.53 Å². The van der Waals surface area contributed by atoms with E-state index in [0.29, 0.717) is 18.4 Å². The number of rotatable bonds is 1. The van der Waals surface area contributed by atoms with Crippen molar-refractivity contribution in [2.24, 2.45) is 11.8 Å². The van der Waals surface area contributed by atoms with Crippen LogP contribution in [0.15, 0.2) is 0 Å². The second kappa shape index (κ2) is 3.76. The van der Waals surface area contributed by atoms with Crippen LogP contribution in [0.3, 0.4) is 0 Å². The Hall–Kier alpha value is -0.610. The maximum absolute atomic E-state index is 11.6. The number of ether oxygens (including phenoxy) is 1. The first-order valence-corrected chi connectivity index (χ1v) is 5.54. The molecule has 4 nitrogen and oxygen atoms in total. The van der Waals surface area contributed by atoms with Crippen LogP contribution in [0.2, 0.25) is 0 Å². The maximum atomic E-state index is 11.6. The van der Waals surface area contributed by atoms with Crippen molar-refractivity contribution in [3.8, 4) is 0 Å². The van der Waals surface area contributed by atoms with E-state index >= 15 is 0 Å². The number of methoxy groups -OCH3 is 1. The van der Waals surface area contributed by atoms with Crippen molar-refractivity contribution in [3.05, 3.63) is 0 Å². The molecule has 2 rings (SSSR count). The quantitative estimate of drug-likeness (QED) is 0.634. The largest absolute Gasteiger partial charge is 0.469 e. The Kier molecular flexibility index (Phi) is 2.73. The molecular formula is C11H19NO3. The lowest BCUT2D eigenvalue weighted by Crippen LogP contribution is -2.53. The smallest absolute Gasteiger partial charge is 0.312 e. The maximum Gasteiger partial charge on any atom is 0.312 e. The lowest BCUT2D eigenvalue weighted by molar-refractivity contribution is -0.156. The summed E-state index contributed by atoms with van der Waals surface area (Å²) in [6, 6.07) is 0.576. The lowest BCUT2D eigenvalue weighted by atomic mass is 9.85. The van der Waals surface area contributed by atoms with Crippen molar-refractivity contribution < 1.29 is 14.6 Å². The van der Waals surface area contributed by atoms with Gasteiger partial charge in [0, 0.05) is 12.1 Å². The molecule has 2 aliphatic rings. The number of piperidine rings is 1. The lowest BCUT2D eigenvalue weighted by Gasteiger charge is -2.40. The molecule has 0 aromatic heterocycles. The molecule has 0 aliphatic carbocycles. The van der Waals surface area contributed by atoms with Gasteiger partial charge in [-0.15, -0.1) is 0 Å². The predicted octanol–water partition coefficient (Wildman–Crippen LogP) is 0.249. The van der Waals surface area contributed by atoms with E-state index in [1.807, 2.05) is 7.05 Å². The van der Waals surface area contributed by atoms with E-state index in [4.69, 9.17) is 4.74 Å². The van der Waals surface area contributed by atoms with Crippen molar-refractivity contribution in [2.45, 2.75) is 38.0 Å². The summed E-state index contributed by atoms with van der Waals surface area (Å²) in [5, 5.41) is 9.96. The summed E-state index contributed by atoms with van der Waals surface area (Å²) in [5.74, 6) is -0.179. The normalized spacial score (nSPS) is 45.5. The molecule has 0 radical (unpaired) electrons. The minimum atomic E-state index is -0.534. The Labute approximate surface area is 90.2 Å². The highest BCUT2D eigenvalue weighted by Crippen LogP contribution is 2.42. The molecule has 0 unspecified atom stereocenters. The molecule has 5 atom stereocenters. The van der Waals surface area contributed by atoms with Gasteiger partial charge in [-0.2, -0.15) is 0 Å². The predicted molar refractivity (Wildman–Crippen MR) is 55.2 cm³/mol. The summed E-state index contributed by atoms with van der Waals surface area (Å²) < 4.78 is 4.78. The highest BCUT2D eigenvalue weighted by molar-refractivity contribution is 5.74. The van der Waals surface area contributed by atoms with E-state index in [1.54, 1.807) is 0 Å². The molecule has 86 valence electrons. The number of carbonyl (C=O) groups excluding carboxylic acids is 1. The molecule has 0 amide bonds. The van der Waals surface area contributed by atoms with Crippen molar-refractivity contribution in [3.63, 3.8) is 0 Å². The van der Waals surface area contributed by atoms with Crippen LogP contribution in [0, 0.1) is 11.8 Å². The summed E-state index contributed by atoms with van der Waals surface area (Å²) in [7, 11) is 3.43. The third-order valence-electron chi connectivity index (χ3n) is 4.04. The van der Waals surface area contributed by atoms with E-state index in [1.165, 1.54) is 7.11 Å². The fourth-order valence-corrected chi connectivity index (χ4v) is 3.34. The molecular weight excluding hydrogens is 194 g/mol. The van der Waals surface area contributed by atoms with E-state index < -0.39 is 6.10 Å². The topological polar surface area (TPSA) is 49.8 Å². The standard InChI is InChI=1S/C11H19NO3/c1-6-4-7-5-8(13)9(11(14)15-3)10(6)12(7)2/h6-10,13H,4-5H2,1-3H3/t6-,7+,8-,9-,10-/m1/s1. The number of hydrogen-bond donors (Lipinski definition) is 1. The molecule has 15 heavy (non-hydrogen) atoms. The van der Waals surface area contributed by atoms with Crippen molar-refractivity contribution in [1.82, 2.24) is 4.90 Å². The zero-order chi connectivity index (χ0) is 11.2. The van der Waals surface area contributed by atoms with E-state index in [2.05, 4.69) is 11.8 Å². The van der Waals surface area contributed by atoms with Gasteiger partial charge in [-0.05, 0) is 25.8 Å². The van der Waals surface area contributed by atoms with Crippen LogP contribution in [0.4, 0.5) is 0 Å². The number of esters is 1. The molecule has 4 heteroatoms. The van der Waals surface area contributed by atoms with Gasteiger partial charge in [0.15, 0.2) is 0 Å². The molecule has 2 aliphatic heterocycles. The summed E-state index contributed by atoms with van der Waals surface area (Å²) >= 11 is 0. The highest BCUT2D eigenvalue weighted by Gasteiger charge is 2.51. The van der Waals surface area contributed by atoms with Crippen LogP contribution >= 0.6 is 0 Å². The molecule has 0 aromatic rings. The van der Waals surface area contributed by atoms with Crippen LogP contribution in [0.1, 0.15) is 19.8 Å². The van der Waals surface area contributed by atoms with Gasteiger partial charge in [-0.1, -0.05) is 6.92 Å². The molecule has 0 aromatic carbocycles. The third kappa shape index (κ3) is 1.56. The van der Waals surface area contributed by atoms with Crippen molar-refractivity contribution >= 4 is 5.97 Å². The Morgan fingerprint density at radius 3 is 2.73 bits per heavy atom. The zero-order valence-electron chi connectivity index (χ0n) is 9.51. The molecule has 1 N–H and O–H groups in total. The van der Waals surface area contributed by atoms with E-state index in [9.17, 15) is 9.90 Å². The second-order valence-corrected chi connectivity index (χ2v) is 4.87. The van der Waals surface area contributed by atoms with E-state index in [-0.39, 0.29) is 17.9 Å². The second-order valence-electron chi connectivity index (χ2n) is 4.87. The summed E-state index contributed by atoms with van der Waals surface area (Å²) in [5.41, 5.74) is 0. The monoisotopic (exact) mass is 213 g/mol. The summed E-state index contributed by atoms with van der Waals surface area (Å²) in [6.07, 6.45) is 1.23. The Bertz CT molecular complexity index is 269. The molecule has 2 bridgehead atoms. The van der Waals surface area contributed by atoms with Gasteiger partial charge in [0.05, 0.1) is 19.1 Å². The summed E-state index contributed by atoms with van der Waals surface area (Å²) in [6.45, 7) is 2.15.